The number of carbonyl (C=O) groups is 2. The molecule has 4 atom stereocenters. The molecule has 0 spiro atoms. The van der Waals surface area contributed by atoms with Crippen LogP contribution in [0.25, 0.3) is 0 Å². The summed E-state index contributed by atoms with van der Waals surface area (Å²) < 4.78 is 33.8. The van der Waals surface area contributed by atoms with E-state index in [1.54, 1.807) is 27.7 Å². The van der Waals surface area contributed by atoms with Gasteiger partial charge in [0.05, 0.1) is 0 Å². The summed E-state index contributed by atoms with van der Waals surface area (Å²) in [6, 6.07) is 0. The molecule has 0 bridgehead atoms. The largest absolute Gasteiger partial charge is 0.460 e. The van der Waals surface area contributed by atoms with E-state index in [9.17, 15) is 9.59 Å². The number of ether oxygens (including phenoxy) is 6. The van der Waals surface area contributed by atoms with Crippen LogP contribution in [0.2, 0.25) is 0 Å². The maximum Gasteiger partial charge on any atom is 0.330 e. The van der Waals surface area contributed by atoms with Gasteiger partial charge in [-0.3, -0.25) is 0 Å². The van der Waals surface area contributed by atoms with Gasteiger partial charge in [-0.1, -0.05) is 13.2 Å². The number of rotatable bonds is 7. The van der Waals surface area contributed by atoms with Gasteiger partial charge in [0.25, 0.3) is 0 Å². The van der Waals surface area contributed by atoms with Crippen molar-refractivity contribution in [2.24, 2.45) is 0 Å². The van der Waals surface area contributed by atoms with Gasteiger partial charge in [0.15, 0.2) is 11.6 Å². The zero-order chi connectivity index (χ0) is 19.5. The lowest BCUT2D eigenvalue weighted by molar-refractivity contribution is -0.175. The van der Waals surface area contributed by atoms with Crippen molar-refractivity contribution in [3.05, 3.63) is 25.3 Å². The first-order valence-corrected chi connectivity index (χ1v) is 8.36. The first-order chi connectivity index (χ1) is 12.1. The minimum absolute atomic E-state index is 0.0294. The van der Waals surface area contributed by atoms with Gasteiger partial charge in [0.2, 0.25) is 0 Å². The average Bonchev–Trinajstić information content (AvgIpc) is 3.04. The van der Waals surface area contributed by atoms with Crippen LogP contribution in [-0.2, 0) is 38.0 Å². The summed E-state index contributed by atoms with van der Waals surface area (Å²) in [5.41, 5.74) is 0. The first kappa shape index (κ1) is 20.6. The lowest BCUT2D eigenvalue weighted by atomic mass is 10.0. The van der Waals surface area contributed by atoms with Crippen LogP contribution in [-0.4, -0.2) is 61.1 Å². The third-order valence-corrected chi connectivity index (χ3v) is 3.88. The van der Waals surface area contributed by atoms with Crippen molar-refractivity contribution in [3.63, 3.8) is 0 Å². The molecule has 8 nitrogen and oxygen atoms in total. The molecule has 0 aromatic heterocycles. The van der Waals surface area contributed by atoms with E-state index in [-0.39, 0.29) is 13.2 Å². The molecule has 26 heavy (non-hydrogen) atoms. The highest BCUT2D eigenvalue weighted by atomic mass is 16.8. The molecule has 0 aliphatic carbocycles. The molecule has 0 N–H and O–H groups in total. The Bertz CT molecular complexity index is 518. The maximum absolute atomic E-state index is 11.4. The van der Waals surface area contributed by atoms with Gasteiger partial charge in [-0.2, -0.15) is 0 Å². The van der Waals surface area contributed by atoms with Crippen molar-refractivity contribution in [2.75, 3.05) is 13.2 Å². The van der Waals surface area contributed by atoms with Gasteiger partial charge >= 0.3 is 11.9 Å². The van der Waals surface area contributed by atoms with E-state index in [4.69, 9.17) is 28.4 Å². The number of hydrogen-bond acceptors (Lipinski definition) is 8. The van der Waals surface area contributed by atoms with Crippen LogP contribution >= 0.6 is 0 Å². The van der Waals surface area contributed by atoms with Crippen LogP contribution in [0.3, 0.4) is 0 Å². The highest BCUT2D eigenvalue weighted by Gasteiger charge is 2.54. The van der Waals surface area contributed by atoms with Gasteiger partial charge in [0, 0.05) is 12.2 Å². The molecule has 0 aromatic carbocycles. The van der Waals surface area contributed by atoms with Gasteiger partial charge in [-0.25, -0.2) is 9.59 Å². The summed E-state index contributed by atoms with van der Waals surface area (Å²) in [6.07, 6.45) is -0.172. The quantitative estimate of drug-likeness (QED) is 0.492. The molecule has 0 saturated carbocycles. The topological polar surface area (TPSA) is 89.5 Å². The number of hydrogen-bond donors (Lipinski definition) is 0. The molecule has 2 heterocycles. The van der Waals surface area contributed by atoms with Crippen molar-refractivity contribution in [1.29, 1.82) is 0 Å². The van der Waals surface area contributed by atoms with Gasteiger partial charge in [-0.15, -0.1) is 0 Å². The standard InChI is InChI=1S/C18H26O8/c1-7-13(19)21-9-11-15(25-17(3,4)23-11)16-12(10-22-14(20)8-2)24-18(5,6)26-16/h7-8,11-12,15-16H,1-2,9-10H2,3-6H3/t11-,12+,15+,16-. The van der Waals surface area contributed by atoms with Crippen molar-refractivity contribution >= 4 is 11.9 Å². The first-order valence-electron chi connectivity index (χ1n) is 8.36. The van der Waals surface area contributed by atoms with Crippen molar-refractivity contribution in [1.82, 2.24) is 0 Å². The summed E-state index contributed by atoms with van der Waals surface area (Å²) in [5, 5.41) is 0. The Hall–Kier alpha value is -1.74. The van der Waals surface area contributed by atoms with E-state index in [2.05, 4.69) is 13.2 Å². The Morgan fingerprint density at radius 3 is 1.46 bits per heavy atom. The molecule has 0 aromatic rings. The molecular formula is C18H26O8. The van der Waals surface area contributed by atoms with Gasteiger partial charge < -0.3 is 28.4 Å². The second-order valence-electron chi connectivity index (χ2n) is 6.95. The molecule has 2 aliphatic rings. The van der Waals surface area contributed by atoms with Crippen molar-refractivity contribution in [2.45, 2.75) is 63.7 Å². The van der Waals surface area contributed by atoms with Gasteiger partial charge in [-0.05, 0) is 27.7 Å². The van der Waals surface area contributed by atoms with Crippen molar-refractivity contribution in [3.8, 4) is 0 Å². The van der Waals surface area contributed by atoms with Gasteiger partial charge in [0.1, 0.15) is 37.6 Å². The predicted octanol–water partition coefficient (Wildman–Crippen LogP) is 1.48. The Morgan fingerprint density at radius 1 is 0.808 bits per heavy atom. The second kappa shape index (κ2) is 7.87. The van der Waals surface area contributed by atoms with Crippen LogP contribution in [0.1, 0.15) is 27.7 Å². The zero-order valence-electron chi connectivity index (χ0n) is 15.6. The molecular weight excluding hydrogens is 344 g/mol. The lowest BCUT2D eigenvalue weighted by Crippen LogP contribution is -2.45. The summed E-state index contributed by atoms with van der Waals surface area (Å²) in [5.74, 6) is -2.90. The van der Waals surface area contributed by atoms with Crippen LogP contribution in [0.15, 0.2) is 25.3 Å². The van der Waals surface area contributed by atoms with Crippen LogP contribution in [0, 0.1) is 0 Å². The van der Waals surface area contributed by atoms with Crippen LogP contribution < -0.4 is 0 Å². The van der Waals surface area contributed by atoms with E-state index in [1.165, 1.54) is 0 Å². The summed E-state index contributed by atoms with van der Waals surface area (Å²) in [7, 11) is 0. The molecule has 0 unspecified atom stereocenters. The molecule has 2 saturated heterocycles. The molecule has 2 fully saturated rings. The summed E-state index contributed by atoms with van der Waals surface area (Å²) in [6.45, 7) is 13.7. The highest BCUT2D eigenvalue weighted by molar-refractivity contribution is 5.81. The SMILES string of the molecule is C=CC(=O)OC[C@@H]1OC(C)(C)O[C@H]1[C@H]1OC(C)(C)O[C@@H]1COC(=O)C=C. The third-order valence-electron chi connectivity index (χ3n) is 3.88. The molecule has 2 rings (SSSR count). The fourth-order valence-electron chi connectivity index (χ4n) is 2.99. The molecule has 146 valence electrons. The van der Waals surface area contributed by atoms with Crippen molar-refractivity contribution < 1.29 is 38.0 Å². The third kappa shape index (κ3) is 5.14. The smallest absolute Gasteiger partial charge is 0.330 e. The van der Waals surface area contributed by atoms with E-state index in [0.29, 0.717) is 0 Å². The number of esters is 2. The molecule has 2 aliphatic heterocycles. The fraction of sp³-hybridized carbons (Fsp3) is 0.667. The highest BCUT2D eigenvalue weighted by Crippen LogP contribution is 2.38. The minimum atomic E-state index is -0.894. The Balaban J connectivity index is 2.13. The predicted molar refractivity (Wildman–Crippen MR) is 90.0 cm³/mol. The normalized spacial score (nSPS) is 32.0. The van der Waals surface area contributed by atoms with Crippen LogP contribution in [0.4, 0.5) is 0 Å². The minimum Gasteiger partial charge on any atom is -0.460 e. The lowest BCUT2D eigenvalue weighted by Gasteiger charge is -2.25. The van der Waals surface area contributed by atoms with E-state index >= 15 is 0 Å². The Morgan fingerprint density at radius 2 is 1.15 bits per heavy atom. The Labute approximate surface area is 153 Å². The van der Waals surface area contributed by atoms with E-state index in [1.807, 2.05) is 0 Å². The zero-order valence-corrected chi connectivity index (χ0v) is 15.6. The monoisotopic (exact) mass is 370 g/mol. The second-order valence-corrected chi connectivity index (χ2v) is 6.95. The summed E-state index contributed by atoms with van der Waals surface area (Å²) >= 11 is 0. The van der Waals surface area contributed by atoms with Crippen LogP contribution in [0.5, 0.6) is 0 Å². The molecule has 0 radical (unpaired) electrons. The summed E-state index contributed by atoms with van der Waals surface area (Å²) in [4.78, 5) is 22.8. The molecule has 0 amide bonds. The van der Waals surface area contributed by atoms with E-state index < -0.39 is 47.9 Å². The van der Waals surface area contributed by atoms with E-state index in [0.717, 1.165) is 12.2 Å². The molecule has 8 heteroatoms. The Kier molecular flexibility index (Phi) is 6.23. The fourth-order valence-corrected chi connectivity index (χ4v) is 2.99. The average molecular weight is 370 g/mol. The number of carbonyl (C=O) groups excluding carboxylic acids is 2. The maximum atomic E-state index is 11.4.